The molecule has 0 aromatic heterocycles. The maximum Gasteiger partial charge on any atom is 0.335 e. The number of nitro benzene ring substituents is 1. The van der Waals surface area contributed by atoms with Crippen molar-refractivity contribution in [2.24, 2.45) is 17.8 Å². The van der Waals surface area contributed by atoms with Crippen LogP contribution in [0.1, 0.15) is 38.5 Å². The van der Waals surface area contributed by atoms with Gasteiger partial charge in [-0.15, -0.1) is 0 Å². The third-order valence-electron chi connectivity index (χ3n) is 7.27. The maximum atomic E-state index is 13.2. The third kappa shape index (κ3) is 3.24. The second-order valence-electron chi connectivity index (χ2n) is 9.42. The number of halogens is 1. The highest BCUT2D eigenvalue weighted by molar-refractivity contribution is 6.45. The molecule has 0 spiro atoms. The van der Waals surface area contributed by atoms with Gasteiger partial charge in [-0.05, 0) is 68.4 Å². The van der Waals surface area contributed by atoms with Crippen LogP contribution in [0.25, 0.3) is 0 Å². The zero-order chi connectivity index (χ0) is 22.8. The second kappa shape index (κ2) is 7.26. The minimum Gasteiger partial charge on any atom is -0.319 e. The Hall–Kier alpha value is -3.01. The Kier molecular flexibility index (Phi) is 4.74. The number of benzene rings is 1. The van der Waals surface area contributed by atoms with E-state index in [-0.39, 0.29) is 10.7 Å². The van der Waals surface area contributed by atoms with E-state index in [9.17, 15) is 29.3 Å². The Labute approximate surface area is 188 Å². The molecule has 1 aliphatic heterocycles. The SMILES string of the molecule is O=C(CN1C(=O)C(=O)N(C23CC4CC(CC(C4)C2)C3)C1=O)Nc1ccc(Cl)cc1[N+](=O)[O-]. The minimum atomic E-state index is -1.04. The molecule has 1 heterocycles. The molecule has 5 aliphatic rings. The summed E-state index contributed by atoms with van der Waals surface area (Å²) in [6.45, 7) is -0.702. The second-order valence-corrected chi connectivity index (χ2v) is 9.86. The summed E-state index contributed by atoms with van der Waals surface area (Å²) in [4.78, 5) is 63.4. The van der Waals surface area contributed by atoms with Crippen LogP contribution in [0.5, 0.6) is 0 Å². The number of carbonyl (C=O) groups is 4. The van der Waals surface area contributed by atoms with Crippen LogP contribution in [0, 0.1) is 27.9 Å². The molecule has 5 fully saturated rings. The number of urea groups is 1. The van der Waals surface area contributed by atoms with Crippen molar-refractivity contribution in [2.75, 3.05) is 11.9 Å². The van der Waals surface area contributed by atoms with Crippen LogP contribution in [0.4, 0.5) is 16.2 Å². The van der Waals surface area contributed by atoms with E-state index in [0.717, 1.165) is 30.2 Å². The van der Waals surface area contributed by atoms with Crippen LogP contribution in [0.15, 0.2) is 18.2 Å². The lowest BCUT2D eigenvalue weighted by molar-refractivity contribution is -0.383. The van der Waals surface area contributed by atoms with Crippen molar-refractivity contribution in [1.29, 1.82) is 0 Å². The van der Waals surface area contributed by atoms with Crippen molar-refractivity contribution >= 4 is 46.7 Å². The van der Waals surface area contributed by atoms with E-state index in [4.69, 9.17) is 11.6 Å². The Morgan fingerprint density at radius 3 is 2.25 bits per heavy atom. The van der Waals surface area contributed by atoms with Gasteiger partial charge in [-0.2, -0.15) is 0 Å². The van der Waals surface area contributed by atoms with Crippen LogP contribution in [-0.2, 0) is 14.4 Å². The minimum absolute atomic E-state index is 0.118. The summed E-state index contributed by atoms with van der Waals surface area (Å²) in [5.74, 6) is -1.37. The molecule has 11 heteroatoms. The summed E-state index contributed by atoms with van der Waals surface area (Å²) in [5, 5.41) is 13.7. The number of anilines is 1. The van der Waals surface area contributed by atoms with E-state index < -0.39 is 46.4 Å². The molecule has 1 N–H and O–H groups in total. The number of carbonyl (C=O) groups excluding carboxylic acids is 4. The van der Waals surface area contributed by atoms with Crippen LogP contribution < -0.4 is 5.32 Å². The normalized spacial score (nSPS) is 30.9. The molecule has 10 nitrogen and oxygen atoms in total. The van der Waals surface area contributed by atoms with Crippen molar-refractivity contribution in [3.63, 3.8) is 0 Å². The molecule has 1 aromatic carbocycles. The van der Waals surface area contributed by atoms with Gasteiger partial charge in [-0.25, -0.2) is 14.6 Å². The number of rotatable bonds is 5. The fourth-order valence-corrected chi connectivity index (χ4v) is 6.66. The van der Waals surface area contributed by atoms with Gasteiger partial charge in [0.25, 0.3) is 5.69 Å². The number of nitro groups is 1. The van der Waals surface area contributed by atoms with Gasteiger partial charge in [-0.1, -0.05) is 11.6 Å². The van der Waals surface area contributed by atoms with Gasteiger partial charge in [0.1, 0.15) is 12.2 Å². The summed E-state index contributed by atoms with van der Waals surface area (Å²) in [6.07, 6.45) is 5.45. The summed E-state index contributed by atoms with van der Waals surface area (Å²) in [7, 11) is 0. The molecule has 0 unspecified atom stereocenters. The monoisotopic (exact) mass is 460 g/mol. The highest BCUT2D eigenvalue weighted by Crippen LogP contribution is 2.58. The van der Waals surface area contributed by atoms with Gasteiger partial charge in [0.15, 0.2) is 0 Å². The number of hydrogen-bond acceptors (Lipinski definition) is 6. The first kappa shape index (κ1) is 20.9. The average Bonchev–Trinajstić information content (AvgIpc) is 2.91. The standard InChI is InChI=1S/C21H21ClN4O6/c22-14-1-2-15(16(6-14)26(31)32)23-17(27)10-24-18(28)19(29)25(20(24)30)21-7-11-3-12(8-21)5-13(4-11)9-21/h1-2,6,11-13H,3-5,7-10H2,(H,23,27). The van der Waals surface area contributed by atoms with Crippen LogP contribution in [0.3, 0.4) is 0 Å². The van der Waals surface area contributed by atoms with Crippen LogP contribution in [-0.4, -0.2) is 50.6 Å². The highest BCUT2D eigenvalue weighted by atomic mass is 35.5. The third-order valence-corrected chi connectivity index (χ3v) is 7.50. The first-order chi connectivity index (χ1) is 15.2. The number of hydrogen-bond donors (Lipinski definition) is 1. The van der Waals surface area contributed by atoms with E-state index in [2.05, 4.69) is 5.32 Å². The van der Waals surface area contributed by atoms with E-state index in [1.165, 1.54) is 12.1 Å². The number of amides is 5. The van der Waals surface area contributed by atoms with Crippen molar-refractivity contribution in [3.05, 3.63) is 33.3 Å². The maximum absolute atomic E-state index is 13.2. The first-order valence-corrected chi connectivity index (χ1v) is 11.0. The number of imide groups is 2. The van der Waals surface area contributed by atoms with E-state index >= 15 is 0 Å². The molecule has 4 bridgehead atoms. The lowest BCUT2D eigenvalue weighted by Crippen LogP contribution is -2.62. The van der Waals surface area contributed by atoms with Gasteiger partial charge >= 0.3 is 17.8 Å². The Morgan fingerprint density at radius 2 is 1.69 bits per heavy atom. The fourth-order valence-electron chi connectivity index (χ4n) is 6.50. The molecule has 32 heavy (non-hydrogen) atoms. The van der Waals surface area contributed by atoms with Gasteiger partial charge in [0, 0.05) is 11.1 Å². The molecule has 1 aromatic rings. The lowest BCUT2D eigenvalue weighted by Gasteiger charge is -2.58. The van der Waals surface area contributed by atoms with Gasteiger partial charge in [0.2, 0.25) is 5.91 Å². The van der Waals surface area contributed by atoms with E-state index in [1.807, 2.05) is 0 Å². The quantitative estimate of drug-likeness (QED) is 0.311. The van der Waals surface area contributed by atoms with Gasteiger partial charge < -0.3 is 5.32 Å². The Balaban J connectivity index is 1.34. The molecule has 5 amide bonds. The lowest BCUT2D eigenvalue weighted by atomic mass is 9.52. The Bertz CT molecular complexity index is 1040. The van der Waals surface area contributed by atoms with E-state index in [1.54, 1.807) is 0 Å². The topological polar surface area (TPSA) is 130 Å². The summed E-state index contributed by atoms with van der Waals surface area (Å²) >= 11 is 5.78. The van der Waals surface area contributed by atoms with E-state index in [0.29, 0.717) is 41.9 Å². The van der Waals surface area contributed by atoms with Gasteiger partial charge in [-0.3, -0.25) is 24.5 Å². The van der Waals surface area contributed by atoms with Crippen LogP contribution >= 0.6 is 11.6 Å². The van der Waals surface area contributed by atoms with Crippen molar-refractivity contribution in [1.82, 2.24) is 9.80 Å². The molecule has 4 saturated carbocycles. The zero-order valence-corrected chi connectivity index (χ0v) is 17.8. The predicted octanol–water partition coefficient (Wildman–Crippen LogP) is 2.95. The summed E-state index contributed by atoms with van der Waals surface area (Å²) in [6, 6.07) is 2.94. The molecular weight excluding hydrogens is 440 g/mol. The molecule has 0 radical (unpaired) electrons. The smallest absolute Gasteiger partial charge is 0.319 e. The van der Waals surface area contributed by atoms with Crippen molar-refractivity contribution in [2.45, 2.75) is 44.1 Å². The summed E-state index contributed by atoms with van der Waals surface area (Å²) in [5.41, 5.74) is -1.18. The van der Waals surface area contributed by atoms with Crippen molar-refractivity contribution < 1.29 is 24.1 Å². The molecule has 4 aliphatic carbocycles. The first-order valence-electron chi connectivity index (χ1n) is 10.6. The fraction of sp³-hybridized carbons (Fsp3) is 0.524. The number of nitrogens with zero attached hydrogens (tertiary/aromatic N) is 3. The Morgan fingerprint density at radius 1 is 1.09 bits per heavy atom. The predicted molar refractivity (Wildman–Crippen MR) is 112 cm³/mol. The zero-order valence-electron chi connectivity index (χ0n) is 17.1. The molecule has 0 atom stereocenters. The van der Waals surface area contributed by atoms with Crippen LogP contribution in [0.2, 0.25) is 5.02 Å². The molecular formula is C21H21ClN4O6. The largest absolute Gasteiger partial charge is 0.335 e. The van der Waals surface area contributed by atoms with Crippen molar-refractivity contribution in [3.8, 4) is 0 Å². The summed E-state index contributed by atoms with van der Waals surface area (Å²) < 4.78 is 0. The average molecular weight is 461 g/mol. The highest BCUT2D eigenvalue weighted by Gasteiger charge is 2.61. The van der Waals surface area contributed by atoms with Gasteiger partial charge in [0.05, 0.1) is 10.5 Å². The molecule has 6 rings (SSSR count). The molecule has 1 saturated heterocycles. The number of nitrogens with one attached hydrogen (secondary N) is 1. The molecule has 168 valence electrons.